The van der Waals surface area contributed by atoms with Gasteiger partial charge in [-0.1, -0.05) is 36.4 Å². The molecular formula is C24H25N5O2. The minimum absolute atomic E-state index is 0.105. The number of hydrogen-bond acceptors (Lipinski definition) is 4. The third kappa shape index (κ3) is 4.71. The van der Waals surface area contributed by atoms with Crippen molar-refractivity contribution in [3.63, 3.8) is 0 Å². The maximum atomic E-state index is 12.6. The lowest BCUT2D eigenvalue weighted by atomic mass is 10.1. The van der Waals surface area contributed by atoms with Crippen LogP contribution in [0.2, 0.25) is 0 Å². The lowest BCUT2D eigenvalue weighted by Gasteiger charge is -2.10. The fraction of sp³-hybridized carbons (Fsp3) is 0.250. The number of nitrogens with one attached hydrogen (secondary N) is 1. The van der Waals surface area contributed by atoms with Gasteiger partial charge in [0.15, 0.2) is 0 Å². The zero-order valence-corrected chi connectivity index (χ0v) is 17.7. The first-order valence-electron chi connectivity index (χ1n) is 10.3. The summed E-state index contributed by atoms with van der Waals surface area (Å²) in [6, 6.07) is 13.7. The van der Waals surface area contributed by atoms with Crippen LogP contribution in [0.5, 0.6) is 0 Å². The van der Waals surface area contributed by atoms with Crippen LogP contribution >= 0.6 is 0 Å². The summed E-state index contributed by atoms with van der Waals surface area (Å²) in [6.45, 7) is 5.38. The first kappa shape index (κ1) is 20.5. The van der Waals surface area contributed by atoms with E-state index in [1.165, 1.54) is 10.9 Å². The molecule has 0 spiro atoms. The van der Waals surface area contributed by atoms with Crippen molar-refractivity contribution in [3.8, 4) is 0 Å². The Morgan fingerprint density at radius 1 is 1.03 bits per heavy atom. The maximum absolute atomic E-state index is 12.6. The van der Waals surface area contributed by atoms with Gasteiger partial charge in [0.1, 0.15) is 5.82 Å². The van der Waals surface area contributed by atoms with Crippen LogP contribution in [0, 0.1) is 13.8 Å². The molecule has 1 N–H and O–H groups in total. The van der Waals surface area contributed by atoms with Crippen LogP contribution in [-0.2, 0) is 24.4 Å². The summed E-state index contributed by atoms with van der Waals surface area (Å²) in [4.78, 5) is 33.6. The molecule has 0 aliphatic rings. The minimum atomic E-state index is -0.121. The number of para-hydroxylation sites is 1. The molecule has 7 nitrogen and oxygen atoms in total. The Hall–Kier alpha value is -3.74. The first-order valence-corrected chi connectivity index (χ1v) is 10.3. The number of imidazole rings is 1. The largest absolute Gasteiger partial charge is 0.352 e. The number of carbonyl (C=O) groups excluding carboxylic acids is 1. The number of amides is 1. The van der Waals surface area contributed by atoms with Gasteiger partial charge >= 0.3 is 0 Å². The van der Waals surface area contributed by atoms with E-state index in [4.69, 9.17) is 0 Å². The fourth-order valence-corrected chi connectivity index (χ4v) is 3.61. The smallest absolute Gasteiger partial charge is 0.261 e. The van der Waals surface area contributed by atoms with Crippen molar-refractivity contribution in [1.29, 1.82) is 0 Å². The summed E-state index contributed by atoms with van der Waals surface area (Å²) >= 11 is 0. The number of carbonyl (C=O) groups is 1. The molecule has 158 valence electrons. The lowest BCUT2D eigenvalue weighted by Crippen LogP contribution is -2.27. The minimum Gasteiger partial charge on any atom is -0.352 e. The molecule has 31 heavy (non-hydrogen) atoms. The Kier molecular flexibility index (Phi) is 5.93. The SMILES string of the molecule is Cc1cccc2c(=O)n(CCC(=O)NCc3cccc(Cn4ccnc4C)c3)cnc12. The fourth-order valence-electron chi connectivity index (χ4n) is 3.61. The molecule has 2 aromatic carbocycles. The molecule has 0 unspecified atom stereocenters. The van der Waals surface area contributed by atoms with Crippen molar-refractivity contribution in [2.45, 2.75) is 39.9 Å². The van der Waals surface area contributed by atoms with E-state index in [0.717, 1.165) is 29.1 Å². The van der Waals surface area contributed by atoms with Gasteiger partial charge in [-0.2, -0.15) is 0 Å². The van der Waals surface area contributed by atoms with Gasteiger partial charge in [-0.05, 0) is 36.6 Å². The second-order valence-electron chi connectivity index (χ2n) is 7.66. The number of nitrogens with zero attached hydrogens (tertiary/aromatic N) is 4. The van der Waals surface area contributed by atoms with E-state index in [0.29, 0.717) is 24.0 Å². The number of aryl methyl sites for hydroxylation is 3. The van der Waals surface area contributed by atoms with E-state index < -0.39 is 0 Å². The Bertz CT molecular complexity index is 1290. The predicted molar refractivity (Wildman–Crippen MR) is 120 cm³/mol. The number of fused-ring (bicyclic) bond motifs is 1. The van der Waals surface area contributed by atoms with E-state index >= 15 is 0 Å². The Balaban J connectivity index is 1.34. The zero-order valence-electron chi connectivity index (χ0n) is 17.7. The summed E-state index contributed by atoms with van der Waals surface area (Å²) in [6.07, 6.45) is 5.48. The molecule has 0 aliphatic carbocycles. The molecule has 0 atom stereocenters. The van der Waals surface area contributed by atoms with Crippen LogP contribution in [0.15, 0.2) is 66.0 Å². The van der Waals surface area contributed by atoms with Gasteiger partial charge in [-0.15, -0.1) is 0 Å². The second kappa shape index (κ2) is 8.95. The molecule has 2 heterocycles. The summed E-state index contributed by atoms with van der Waals surface area (Å²) in [5.41, 5.74) is 3.73. The van der Waals surface area contributed by atoms with Crippen LogP contribution < -0.4 is 10.9 Å². The van der Waals surface area contributed by atoms with Gasteiger partial charge in [0.05, 0.1) is 17.2 Å². The highest BCUT2D eigenvalue weighted by atomic mass is 16.1. The van der Waals surface area contributed by atoms with Crippen LogP contribution in [-0.4, -0.2) is 25.0 Å². The highest BCUT2D eigenvalue weighted by Gasteiger charge is 2.08. The predicted octanol–water partition coefficient (Wildman–Crippen LogP) is 2.96. The molecule has 2 aromatic heterocycles. The highest BCUT2D eigenvalue weighted by molar-refractivity contribution is 5.80. The number of hydrogen-bond donors (Lipinski definition) is 1. The Morgan fingerprint density at radius 3 is 2.65 bits per heavy atom. The highest BCUT2D eigenvalue weighted by Crippen LogP contribution is 2.11. The van der Waals surface area contributed by atoms with Gasteiger partial charge in [0, 0.05) is 38.4 Å². The molecule has 0 aliphatic heterocycles. The summed E-state index contributed by atoms with van der Waals surface area (Å²) in [5.74, 6) is 0.861. The van der Waals surface area contributed by atoms with Gasteiger partial charge in [-0.25, -0.2) is 9.97 Å². The second-order valence-corrected chi connectivity index (χ2v) is 7.66. The topological polar surface area (TPSA) is 81.8 Å². The van der Waals surface area contributed by atoms with Gasteiger partial charge < -0.3 is 9.88 Å². The Labute approximate surface area is 180 Å². The average Bonchev–Trinajstić information content (AvgIpc) is 3.17. The van der Waals surface area contributed by atoms with Crippen LogP contribution in [0.3, 0.4) is 0 Å². The monoisotopic (exact) mass is 415 g/mol. The number of aromatic nitrogens is 4. The molecule has 4 aromatic rings. The third-order valence-corrected chi connectivity index (χ3v) is 5.39. The lowest BCUT2D eigenvalue weighted by molar-refractivity contribution is -0.121. The van der Waals surface area contributed by atoms with Crippen LogP contribution in [0.4, 0.5) is 0 Å². The molecule has 1 amide bonds. The van der Waals surface area contributed by atoms with E-state index in [2.05, 4.69) is 32.0 Å². The first-order chi connectivity index (χ1) is 15.0. The van der Waals surface area contributed by atoms with Crippen molar-refractivity contribution in [2.75, 3.05) is 0 Å². The van der Waals surface area contributed by atoms with Gasteiger partial charge in [-0.3, -0.25) is 14.2 Å². The summed E-state index contributed by atoms with van der Waals surface area (Å²) in [7, 11) is 0. The molecule has 0 bridgehead atoms. The van der Waals surface area contributed by atoms with Crippen molar-refractivity contribution in [1.82, 2.24) is 24.4 Å². The molecule has 0 saturated carbocycles. The molecule has 0 saturated heterocycles. The Morgan fingerprint density at radius 2 is 1.84 bits per heavy atom. The molecule has 0 fully saturated rings. The third-order valence-electron chi connectivity index (χ3n) is 5.39. The van der Waals surface area contributed by atoms with Crippen molar-refractivity contribution in [2.24, 2.45) is 0 Å². The normalized spacial score (nSPS) is 11.0. The van der Waals surface area contributed by atoms with Crippen LogP contribution in [0.1, 0.15) is 28.9 Å². The number of rotatable bonds is 7. The van der Waals surface area contributed by atoms with Crippen molar-refractivity contribution < 1.29 is 4.79 Å². The average molecular weight is 415 g/mol. The van der Waals surface area contributed by atoms with E-state index in [1.54, 1.807) is 12.3 Å². The van der Waals surface area contributed by atoms with E-state index in [9.17, 15) is 9.59 Å². The van der Waals surface area contributed by atoms with E-state index in [1.807, 2.05) is 44.3 Å². The van der Waals surface area contributed by atoms with Crippen molar-refractivity contribution >= 4 is 16.8 Å². The quantitative estimate of drug-likeness (QED) is 0.503. The van der Waals surface area contributed by atoms with Crippen LogP contribution in [0.25, 0.3) is 10.9 Å². The summed E-state index contributed by atoms with van der Waals surface area (Å²) in [5, 5.41) is 3.52. The number of benzene rings is 2. The van der Waals surface area contributed by atoms with Gasteiger partial charge in [0.25, 0.3) is 5.56 Å². The standard InChI is InChI=1S/C24H25N5O2/c1-17-5-3-8-21-23(17)27-16-29(24(21)31)11-9-22(30)26-14-19-6-4-7-20(13-19)15-28-12-10-25-18(28)2/h3-8,10,12-13,16H,9,11,14-15H2,1-2H3,(H,26,30). The molecular weight excluding hydrogens is 390 g/mol. The zero-order chi connectivity index (χ0) is 21.8. The molecule has 7 heteroatoms. The molecule has 0 radical (unpaired) electrons. The van der Waals surface area contributed by atoms with Crippen molar-refractivity contribution in [3.05, 3.63) is 94.1 Å². The summed E-state index contributed by atoms with van der Waals surface area (Å²) < 4.78 is 3.57. The maximum Gasteiger partial charge on any atom is 0.261 e. The van der Waals surface area contributed by atoms with Gasteiger partial charge in [0.2, 0.25) is 5.91 Å². The van der Waals surface area contributed by atoms with E-state index in [-0.39, 0.29) is 17.9 Å². The molecule has 4 rings (SSSR count).